The lowest BCUT2D eigenvalue weighted by atomic mass is 10.3. The van der Waals surface area contributed by atoms with Crippen molar-refractivity contribution in [1.29, 1.82) is 0 Å². The number of carboxylic acids is 1. The third-order valence-electron chi connectivity index (χ3n) is 2.10. The number of carboxylic acid groups (broad SMARTS) is 1. The summed E-state index contributed by atoms with van der Waals surface area (Å²) < 4.78 is 4.60. The Morgan fingerprint density at radius 1 is 1.38 bits per heavy atom. The van der Waals surface area contributed by atoms with Crippen LogP contribution in [-0.4, -0.2) is 48.2 Å². The highest BCUT2D eigenvalue weighted by Crippen LogP contribution is 2.10. The van der Waals surface area contributed by atoms with Crippen molar-refractivity contribution in [2.24, 2.45) is 0 Å². The topological polar surface area (TPSA) is 66.8 Å². The molecule has 0 bridgehead atoms. The van der Waals surface area contributed by atoms with E-state index in [0.717, 1.165) is 12.8 Å². The molecule has 5 nitrogen and oxygen atoms in total. The van der Waals surface area contributed by atoms with Gasteiger partial charge in [-0.15, -0.1) is 0 Å². The molecule has 1 heterocycles. The minimum Gasteiger partial charge on any atom is -0.479 e. The van der Waals surface area contributed by atoms with E-state index in [4.69, 9.17) is 5.11 Å². The van der Waals surface area contributed by atoms with Crippen LogP contribution < -0.4 is 0 Å². The van der Waals surface area contributed by atoms with Crippen molar-refractivity contribution in [1.82, 2.24) is 4.90 Å². The first-order chi connectivity index (χ1) is 6.16. The van der Waals surface area contributed by atoms with Crippen LogP contribution in [0.25, 0.3) is 0 Å². The van der Waals surface area contributed by atoms with Crippen molar-refractivity contribution in [2.45, 2.75) is 18.9 Å². The average Bonchev–Trinajstić information content (AvgIpc) is 2.56. The molecule has 13 heavy (non-hydrogen) atoms. The van der Waals surface area contributed by atoms with Crippen LogP contribution in [0.2, 0.25) is 0 Å². The first-order valence-electron chi connectivity index (χ1n) is 4.21. The number of carbonyl (C=O) groups is 2. The third kappa shape index (κ3) is 2.18. The molecular formula is C8H13NO4. The fourth-order valence-corrected chi connectivity index (χ4v) is 1.41. The van der Waals surface area contributed by atoms with Crippen LogP contribution >= 0.6 is 0 Å². The van der Waals surface area contributed by atoms with E-state index < -0.39 is 18.0 Å². The van der Waals surface area contributed by atoms with Crippen molar-refractivity contribution >= 4 is 11.9 Å². The fourth-order valence-electron chi connectivity index (χ4n) is 1.41. The Kier molecular flexibility index (Phi) is 3.25. The second-order valence-corrected chi connectivity index (χ2v) is 2.99. The summed E-state index contributed by atoms with van der Waals surface area (Å²) in [6, 6.07) is 0. The van der Waals surface area contributed by atoms with Gasteiger partial charge in [-0.1, -0.05) is 0 Å². The molecule has 0 aromatic carbocycles. The zero-order valence-electron chi connectivity index (χ0n) is 7.52. The Morgan fingerprint density at radius 2 is 1.92 bits per heavy atom. The summed E-state index contributed by atoms with van der Waals surface area (Å²) >= 11 is 0. The summed E-state index contributed by atoms with van der Waals surface area (Å²) in [5.41, 5.74) is 0. The highest BCUT2D eigenvalue weighted by Gasteiger charge is 2.31. The number of amides is 1. The molecule has 1 rings (SSSR count). The van der Waals surface area contributed by atoms with Crippen molar-refractivity contribution in [2.75, 3.05) is 20.2 Å². The second kappa shape index (κ2) is 4.23. The lowest BCUT2D eigenvalue weighted by Gasteiger charge is -2.18. The number of methoxy groups -OCH3 is 1. The maximum atomic E-state index is 11.4. The molecule has 0 aliphatic carbocycles. The van der Waals surface area contributed by atoms with Crippen LogP contribution in [0.15, 0.2) is 0 Å². The lowest BCUT2D eigenvalue weighted by molar-refractivity contribution is -0.159. The molecule has 1 amide bonds. The monoisotopic (exact) mass is 187 g/mol. The standard InChI is InChI=1S/C8H13NO4/c1-13-6(8(11)12)7(10)9-4-2-3-5-9/h6H,2-5H2,1H3,(H,11,12). The minimum absolute atomic E-state index is 0.437. The number of ether oxygens (including phenoxy) is 1. The molecule has 1 fully saturated rings. The molecule has 1 aliphatic rings. The van der Waals surface area contributed by atoms with Crippen LogP contribution in [0.5, 0.6) is 0 Å². The van der Waals surface area contributed by atoms with E-state index in [0.29, 0.717) is 13.1 Å². The molecule has 1 atom stereocenters. The van der Waals surface area contributed by atoms with Gasteiger partial charge in [0.25, 0.3) is 5.91 Å². The smallest absolute Gasteiger partial charge is 0.342 e. The van der Waals surface area contributed by atoms with E-state index >= 15 is 0 Å². The lowest BCUT2D eigenvalue weighted by Crippen LogP contribution is -2.42. The number of hydrogen-bond donors (Lipinski definition) is 1. The van der Waals surface area contributed by atoms with Crippen molar-refractivity contribution < 1.29 is 19.4 Å². The number of likely N-dealkylation sites (tertiary alicyclic amines) is 1. The van der Waals surface area contributed by atoms with Crippen LogP contribution in [0, 0.1) is 0 Å². The summed E-state index contributed by atoms with van der Waals surface area (Å²) in [6.07, 6.45) is 0.557. The fraction of sp³-hybridized carbons (Fsp3) is 0.750. The van der Waals surface area contributed by atoms with Gasteiger partial charge in [0.15, 0.2) is 0 Å². The highest BCUT2D eigenvalue weighted by atomic mass is 16.5. The SMILES string of the molecule is COC(C(=O)O)C(=O)N1CCCC1. The van der Waals surface area contributed by atoms with Crippen LogP contribution in [0.4, 0.5) is 0 Å². The Hall–Kier alpha value is -1.10. The number of carbonyl (C=O) groups excluding carboxylic acids is 1. The van der Waals surface area contributed by atoms with Gasteiger partial charge in [-0.3, -0.25) is 4.79 Å². The van der Waals surface area contributed by atoms with Gasteiger partial charge in [-0.2, -0.15) is 0 Å². The number of nitrogens with zero attached hydrogens (tertiary/aromatic N) is 1. The van der Waals surface area contributed by atoms with Gasteiger partial charge in [-0.25, -0.2) is 4.79 Å². The maximum absolute atomic E-state index is 11.4. The van der Waals surface area contributed by atoms with E-state index in [2.05, 4.69) is 4.74 Å². The van der Waals surface area contributed by atoms with Crippen molar-refractivity contribution in [3.63, 3.8) is 0 Å². The highest BCUT2D eigenvalue weighted by molar-refractivity contribution is 6.00. The number of hydrogen-bond acceptors (Lipinski definition) is 3. The van der Waals surface area contributed by atoms with Crippen LogP contribution in [-0.2, 0) is 14.3 Å². The van der Waals surface area contributed by atoms with Gasteiger partial charge in [0.2, 0.25) is 6.10 Å². The normalized spacial score (nSPS) is 18.7. The van der Waals surface area contributed by atoms with Gasteiger partial charge in [0.1, 0.15) is 0 Å². The Bertz CT molecular complexity index is 210. The first kappa shape index (κ1) is 9.98. The van der Waals surface area contributed by atoms with Gasteiger partial charge < -0.3 is 14.7 Å². The van der Waals surface area contributed by atoms with E-state index in [1.165, 1.54) is 12.0 Å². The van der Waals surface area contributed by atoms with E-state index in [9.17, 15) is 9.59 Å². The molecule has 0 spiro atoms. The Balaban J connectivity index is 2.57. The molecule has 74 valence electrons. The average molecular weight is 187 g/mol. The molecule has 1 saturated heterocycles. The summed E-state index contributed by atoms with van der Waals surface area (Å²) in [5, 5.41) is 8.63. The number of rotatable bonds is 3. The number of aliphatic carboxylic acids is 1. The van der Waals surface area contributed by atoms with E-state index in [-0.39, 0.29) is 0 Å². The molecule has 1 unspecified atom stereocenters. The first-order valence-corrected chi connectivity index (χ1v) is 4.21. The molecule has 0 aromatic rings. The zero-order valence-corrected chi connectivity index (χ0v) is 7.52. The molecule has 0 aromatic heterocycles. The molecule has 1 N–H and O–H groups in total. The molecule has 0 saturated carbocycles. The third-order valence-corrected chi connectivity index (χ3v) is 2.10. The van der Waals surface area contributed by atoms with Gasteiger partial charge in [0.05, 0.1) is 0 Å². The van der Waals surface area contributed by atoms with Crippen molar-refractivity contribution in [3.05, 3.63) is 0 Å². The molecule has 1 aliphatic heterocycles. The summed E-state index contributed by atoms with van der Waals surface area (Å²) in [4.78, 5) is 23.5. The quantitative estimate of drug-likeness (QED) is 0.616. The molecule has 0 radical (unpaired) electrons. The van der Waals surface area contributed by atoms with Gasteiger partial charge in [0, 0.05) is 20.2 Å². The summed E-state index contributed by atoms with van der Waals surface area (Å²) in [5.74, 6) is -1.66. The van der Waals surface area contributed by atoms with Gasteiger partial charge in [-0.05, 0) is 12.8 Å². The predicted octanol–water partition coefficient (Wildman–Crippen LogP) is -0.292. The minimum atomic E-state index is -1.34. The van der Waals surface area contributed by atoms with E-state index in [1.807, 2.05) is 0 Å². The summed E-state index contributed by atoms with van der Waals surface area (Å²) in [7, 11) is 1.23. The Labute approximate surface area is 76.3 Å². The molecular weight excluding hydrogens is 174 g/mol. The zero-order chi connectivity index (χ0) is 9.84. The maximum Gasteiger partial charge on any atom is 0.342 e. The predicted molar refractivity (Wildman–Crippen MR) is 44.2 cm³/mol. The van der Waals surface area contributed by atoms with Gasteiger partial charge >= 0.3 is 5.97 Å². The van der Waals surface area contributed by atoms with E-state index in [1.54, 1.807) is 0 Å². The summed E-state index contributed by atoms with van der Waals surface area (Å²) in [6.45, 7) is 1.29. The largest absolute Gasteiger partial charge is 0.479 e. The van der Waals surface area contributed by atoms with Crippen LogP contribution in [0.3, 0.4) is 0 Å². The molecule has 5 heteroatoms. The van der Waals surface area contributed by atoms with Crippen LogP contribution in [0.1, 0.15) is 12.8 Å². The Morgan fingerprint density at radius 3 is 2.31 bits per heavy atom. The second-order valence-electron chi connectivity index (χ2n) is 2.99. The van der Waals surface area contributed by atoms with Crippen molar-refractivity contribution in [3.8, 4) is 0 Å².